The minimum absolute atomic E-state index is 0.223. The lowest BCUT2D eigenvalue weighted by Crippen LogP contribution is -2.25. The van der Waals surface area contributed by atoms with Crippen LogP contribution in [0.2, 0.25) is 0 Å². The van der Waals surface area contributed by atoms with Crippen LogP contribution in [0.25, 0.3) is 0 Å². The van der Waals surface area contributed by atoms with Crippen LogP contribution in [0.1, 0.15) is 10.6 Å². The molecule has 0 saturated heterocycles. The van der Waals surface area contributed by atoms with E-state index in [0.29, 0.717) is 25.2 Å². The first-order valence-electron chi connectivity index (χ1n) is 5.62. The highest BCUT2D eigenvalue weighted by molar-refractivity contribution is 9.11. The molecule has 2 heterocycles. The molecule has 2 rings (SSSR count). The molecule has 4 N–H and O–H groups in total. The Bertz CT molecular complexity index is 648. The quantitative estimate of drug-likeness (QED) is 0.731. The molecule has 0 unspecified atom stereocenters. The lowest BCUT2D eigenvalue weighted by Gasteiger charge is -2.03. The standard InChI is InChI=1S/C11H14BrN3O2S2/c12-11-2-1-9(18-11)3-4-15-19(16,17)10-5-8(6-13)14-7-10/h1-2,5,7,14-15H,3-4,6,13H2. The molecular formula is C11H14BrN3O2S2. The number of hydrogen-bond donors (Lipinski definition) is 3. The third-order valence-corrected chi connectivity index (χ3v) is 5.66. The first kappa shape index (κ1) is 14.7. The summed E-state index contributed by atoms with van der Waals surface area (Å²) in [6.07, 6.45) is 2.12. The number of thiophene rings is 1. The molecule has 0 fully saturated rings. The summed E-state index contributed by atoms with van der Waals surface area (Å²) in [7, 11) is -3.46. The average molecular weight is 364 g/mol. The maximum absolute atomic E-state index is 12.0. The van der Waals surface area contributed by atoms with Gasteiger partial charge in [0.25, 0.3) is 0 Å². The van der Waals surface area contributed by atoms with Crippen LogP contribution in [0, 0.1) is 0 Å². The Hall–Kier alpha value is -0.670. The van der Waals surface area contributed by atoms with Crippen LogP contribution in [-0.4, -0.2) is 19.9 Å². The molecule has 0 spiro atoms. The fourth-order valence-electron chi connectivity index (χ4n) is 1.57. The Morgan fingerprint density at radius 2 is 2.21 bits per heavy atom. The van der Waals surface area contributed by atoms with Crippen LogP contribution < -0.4 is 10.5 Å². The van der Waals surface area contributed by atoms with Crippen molar-refractivity contribution in [1.82, 2.24) is 9.71 Å². The molecule has 19 heavy (non-hydrogen) atoms. The zero-order valence-corrected chi connectivity index (χ0v) is 13.2. The summed E-state index contributed by atoms with van der Waals surface area (Å²) in [6.45, 7) is 0.664. The number of nitrogens with two attached hydrogens (primary N) is 1. The molecule has 0 atom stereocenters. The number of sulfonamides is 1. The second-order valence-electron chi connectivity index (χ2n) is 3.92. The van der Waals surface area contributed by atoms with Crippen LogP contribution >= 0.6 is 27.3 Å². The Kier molecular flexibility index (Phi) is 4.80. The number of aromatic nitrogens is 1. The largest absolute Gasteiger partial charge is 0.363 e. The monoisotopic (exact) mass is 363 g/mol. The molecule has 0 aliphatic carbocycles. The SMILES string of the molecule is NCc1cc(S(=O)(=O)NCCc2ccc(Br)s2)c[nH]1. The van der Waals surface area contributed by atoms with E-state index in [1.165, 1.54) is 6.20 Å². The summed E-state index contributed by atoms with van der Waals surface area (Å²) in [6, 6.07) is 5.48. The summed E-state index contributed by atoms with van der Waals surface area (Å²) < 4.78 is 27.6. The molecular weight excluding hydrogens is 350 g/mol. The van der Waals surface area contributed by atoms with Gasteiger partial charge in [0, 0.05) is 29.9 Å². The molecule has 5 nitrogen and oxygen atoms in total. The summed E-state index contributed by atoms with van der Waals surface area (Å²) >= 11 is 4.98. The summed E-state index contributed by atoms with van der Waals surface area (Å²) in [5, 5.41) is 0. The Morgan fingerprint density at radius 3 is 2.79 bits per heavy atom. The number of nitrogens with one attached hydrogen (secondary N) is 2. The molecule has 0 aromatic carbocycles. The highest BCUT2D eigenvalue weighted by Crippen LogP contribution is 2.22. The summed E-state index contributed by atoms with van der Waals surface area (Å²) in [4.78, 5) is 4.18. The van der Waals surface area contributed by atoms with Crippen LogP contribution in [0.3, 0.4) is 0 Å². The van der Waals surface area contributed by atoms with E-state index >= 15 is 0 Å². The van der Waals surface area contributed by atoms with E-state index in [-0.39, 0.29) is 4.90 Å². The van der Waals surface area contributed by atoms with Gasteiger partial charge in [0.15, 0.2) is 0 Å². The van der Waals surface area contributed by atoms with Gasteiger partial charge in [0.2, 0.25) is 10.0 Å². The zero-order valence-electron chi connectivity index (χ0n) is 10.0. The van der Waals surface area contributed by atoms with Gasteiger partial charge in [0.05, 0.1) is 8.68 Å². The Labute approximate surface area is 124 Å². The number of halogens is 1. The lowest BCUT2D eigenvalue weighted by molar-refractivity contribution is 0.582. The Balaban J connectivity index is 1.94. The Morgan fingerprint density at radius 1 is 1.42 bits per heavy atom. The summed E-state index contributed by atoms with van der Waals surface area (Å²) in [5.74, 6) is 0. The number of aromatic amines is 1. The molecule has 104 valence electrons. The van der Waals surface area contributed by atoms with Gasteiger partial charge in [-0.25, -0.2) is 13.1 Å². The van der Waals surface area contributed by atoms with E-state index < -0.39 is 10.0 Å². The van der Waals surface area contributed by atoms with E-state index in [0.717, 1.165) is 8.66 Å². The predicted molar refractivity (Wildman–Crippen MR) is 79.6 cm³/mol. The van der Waals surface area contributed by atoms with Crippen molar-refractivity contribution in [3.05, 3.63) is 38.8 Å². The predicted octanol–water partition coefficient (Wildman–Crippen LogP) is 1.82. The molecule has 0 amide bonds. The van der Waals surface area contributed by atoms with E-state index in [1.807, 2.05) is 12.1 Å². The average Bonchev–Trinajstić information content (AvgIpc) is 2.98. The van der Waals surface area contributed by atoms with E-state index in [4.69, 9.17) is 5.73 Å². The van der Waals surface area contributed by atoms with Gasteiger partial charge in [-0.3, -0.25) is 0 Å². The van der Waals surface area contributed by atoms with Gasteiger partial charge in [-0.2, -0.15) is 0 Å². The molecule has 2 aromatic rings. The van der Waals surface area contributed by atoms with Crippen LogP contribution in [0.4, 0.5) is 0 Å². The molecule has 0 bridgehead atoms. The highest BCUT2D eigenvalue weighted by Gasteiger charge is 2.15. The minimum atomic E-state index is -3.46. The van der Waals surface area contributed by atoms with Crippen LogP contribution in [0.5, 0.6) is 0 Å². The van der Waals surface area contributed by atoms with Gasteiger partial charge >= 0.3 is 0 Å². The van der Waals surface area contributed by atoms with Gasteiger partial charge in [-0.1, -0.05) is 0 Å². The fraction of sp³-hybridized carbons (Fsp3) is 0.273. The minimum Gasteiger partial charge on any atom is -0.363 e. The van der Waals surface area contributed by atoms with E-state index in [1.54, 1.807) is 17.4 Å². The van der Waals surface area contributed by atoms with Gasteiger partial charge in [0.1, 0.15) is 0 Å². The maximum Gasteiger partial charge on any atom is 0.242 e. The van der Waals surface area contributed by atoms with Crippen molar-refractivity contribution in [1.29, 1.82) is 0 Å². The van der Waals surface area contributed by atoms with Gasteiger partial charge in [-0.15, -0.1) is 11.3 Å². The van der Waals surface area contributed by atoms with Crippen molar-refractivity contribution in [3.8, 4) is 0 Å². The smallest absolute Gasteiger partial charge is 0.242 e. The first-order chi connectivity index (χ1) is 9.01. The molecule has 0 radical (unpaired) electrons. The number of H-pyrrole nitrogens is 1. The molecule has 0 aliphatic heterocycles. The fourth-order valence-corrected chi connectivity index (χ4v) is 4.10. The van der Waals surface area contributed by atoms with Crippen molar-refractivity contribution >= 4 is 37.3 Å². The normalized spacial score (nSPS) is 11.9. The van der Waals surface area contributed by atoms with Crippen molar-refractivity contribution in [2.75, 3.05) is 6.54 Å². The molecule has 2 aromatic heterocycles. The lowest BCUT2D eigenvalue weighted by atomic mass is 10.3. The molecule has 0 saturated carbocycles. The highest BCUT2D eigenvalue weighted by atomic mass is 79.9. The van der Waals surface area contributed by atoms with Crippen molar-refractivity contribution in [2.45, 2.75) is 17.9 Å². The third-order valence-electron chi connectivity index (χ3n) is 2.54. The summed E-state index contributed by atoms with van der Waals surface area (Å²) in [5.41, 5.74) is 6.13. The van der Waals surface area contributed by atoms with Crippen LogP contribution in [0.15, 0.2) is 33.1 Å². The second kappa shape index (κ2) is 6.19. The third kappa shape index (κ3) is 3.90. The van der Waals surface area contributed by atoms with E-state index in [2.05, 4.69) is 25.6 Å². The molecule has 0 aliphatic rings. The number of rotatable bonds is 6. The van der Waals surface area contributed by atoms with Crippen LogP contribution in [-0.2, 0) is 23.0 Å². The second-order valence-corrected chi connectivity index (χ2v) is 8.23. The molecule has 8 heteroatoms. The van der Waals surface area contributed by atoms with Crippen molar-refractivity contribution < 1.29 is 8.42 Å². The number of hydrogen-bond acceptors (Lipinski definition) is 4. The van der Waals surface area contributed by atoms with Crippen molar-refractivity contribution in [3.63, 3.8) is 0 Å². The first-order valence-corrected chi connectivity index (χ1v) is 8.72. The maximum atomic E-state index is 12.0. The van der Waals surface area contributed by atoms with Gasteiger partial charge in [-0.05, 0) is 40.5 Å². The van der Waals surface area contributed by atoms with E-state index in [9.17, 15) is 8.42 Å². The van der Waals surface area contributed by atoms with Gasteiger partial charge < -0.3 is 10.7 Å². The van der Waals surface area contributed by atoms with Crippen molar-refractivity contribution in [2.24, 2.45) is 5.73 Å². The zero-order chi connectivity index (χ0) is 13.9. The topological polar surface area (TPSA) is 88.0 Å².